The molecule has 0 spiro atoms. The van der Waals surface area contributed by atoms with Gasteiger partial charge in [-0.3, -0.25) is 0 Å². The lowest BCUT2D eigenvalue weighted by molar-refractivity contribution is -0.849. The molecular weight excluding hydrogens is 146 g/mol. The molecular formula is C5H16N5O+. The third-order valence-corrected chi connectivity index (χ3v) is 0.293. The molecule has 0 aromatic carbocycles. The lowest BCUT2D eigenvalue weighted by Gasteiger charge is -2.14. The Balaban J connectivity index is 0. The summed E-state index contributed by atoms with van der Waals surface area (Å²) in [5.74, 6) is 0. The first-order valence-corrected chi connectivity index (χ1v) is 3.02. The lowest BCUT2D eigenvalue weighted by Crippen LogP contribution is -2.27. The van der Waals surface area contributed by atoms with E-state index in [0.29, 0.717) is 6.67 Å². The quantitative estimate of drug-likeness (QED) is 0.458. The van der Waals surface area contributed by atoms with Gasteiger partial charge in [0, 0.05) is 0 Å². The van der Waals surface area contributed by atoms with E-state index in [9.17, 15) is 0 Å². The summed E-state index contributed by atoms with van der Waals surface area (Å²) in [4.78, 5) is 0. The Labute approximate surface area is 66.5 Å². The Bertz CT molecular complexity index is 120. The third kappa shape index (κ3) is 27.2. The van der Waals surface area contributed by atoms with Crippen molar-refractivity contribution in [1.29, 1.82) is 0 Å². The van der Waals surface area contributed by atoms with Gasteiger partial charge in [-0.1, -0.05) is 0 Å². The molecule has 11 heavy (non-hydrogen) atoms. The molecule has 0 unspecified atom stereocenters. The second kappa shape index (κ2) is 5.87. The molecule has 0 amide bonds. The zero-order chi connectivity index (χ0) is 8.04. The largest absolute Gasteiger partial charge is 0.412 e. The summed E-state index contributed by atoms with van der Waals surface area (Å²) in [6.45, 7) is 0.417. The summed E-state index contributed by atoms with van der Waals surface area (Å²) in [5.41, 5.74) is 0. The van der Waals surface area contributed by atoms with Crippen LogP contribution in [0.4, 0.5) is 0 Å². The number of quaternary nitrogens is 1. The fraction of sp³-hybridized carbons (Fsp3) is 1.00. The van der Waals surface area contributed by atoms with E-state index >= 15 is 0 Å². The summed E-state index contributed by atoms with van der Waals surface area (Å²) in [6.07, 6.45) is 0. The molecule has 0 radical (unpaired) electrons. The van der Waals surface area contributed by atoms with Crippen LogP contribution < -0.4 is 0 Å². The molecule has 1 heterocycles. The van der Waals surface area contributed by atoms with Gasteiger partial charge in [-0.25, -0.2) is 0 Å². The Morgan fingerprint density at radius 2 is 1.18 bits per heavy atom. The maximum Gasteiger partial charge on any atom is 0.175 e. The monoisotopic (exact) mass is 162 g/mol. The molecule has 1 rings (SSSR count). The molecule has 0 aliphatic carbocycles. The first-order valence-electron chi connectivity index (χ1n) is 3.02. The molecule has 0 saturated heterocycles. The maximum absolute atomic E-state index is 3.38. The van der Waals surface area contributed by atoms with E-state index in [1.54, 1.807) is 0 Å². The van der Waals surface area contributed by atoms with Gasteiger partial charge in [0.1, 0.15) is 0 Å². The van der Waals surface area contributed by atoms with Crippen LogP contribution in [0.25, 0.3) is 0 Å². The molecule has 66 valence electrons. The Morgan fingerprint density at radius 1 is 0.909 bits per heavy atom. The SMILES string of the molecule is C1N=NN=N1.C[N+](C)(C)C.O. The van der Waals surface area contributed by atoms with Gasteiger partial charge in [-0.2, -0.15) is 0 Å². The second-order valence-corrected chi connectivity index (χ2v) is 3.29. The number of nitrogens with zero attached hydrogens (tertiary/aromatic N) is 5. The van der Waals surface area contributed by atoms with Crippen LogP contribution in [0.5, 0.6) is 0 Å². The van der Waals surface area contributed by atoms with E-state index < -0.39 is 0 Å². The standard InChI is InChI=1S/C4H12N.CH2N4.H2O/c1-5(2,3)4;1-2-4-5-3-1;/h1-4H3;1H2;1H2/q+1;;. The van der Waals surface area contributed by atoms with Crippen molar-refractivity contribution in [3.8, 4) is 0 Å². The molecule has 0 fully saturated rings. The van der Waals surface area contributed by atoms with E-state index in [4.69, 9.17) is 0 Å². The van der Waals surface area contributed by atoms with Crippen LogP contribution in [0.1, 0.15) is 0 Å². The average molecular weight is 162 g/mol. The smallest absolute Gasteiger partial charge is 0.175 e. The molecule has 1 aliphatic heterocycles. The van der Waals surface area contributed by atoms with E-state index in [1.165, 1.54) is 0 Å². The van der Waals surface area contributed by atoms with Gasteiger partial charge in [0.25, 0.3) is 0 Å². The van der Waals surface area contributed by atoms with Crippen molar-refractivity contribution >= 4 is 0 Å². The van der Waals surface area contributed by atoms with Crippen molar-refractivity contribution in [2.45, 2.75) is 0 Å². The van der Waals surface area contributed by atoms with E-state index in [2.05, 4.69) is 48.9 Å². The molecule has 0 bridgehead atoms. The van der Waals surface area contributed by atoms with Gasteiger partial charge in [0.15, 0.2) is 6.67 Å². The van der Waals surface area contributed by atoms with Crippen LogP contribution in [0.15, 0.2) is 20.7 Å². The Morgan fingerprint density at radius 3 is 1.27 bits per heavy atom. The second-order valence-electron chi connectivity index (χ2n) is 3.29. The van der Waals surface area contributed by atoms with Gasteiger partial charge in [-0.05, 0) is 10.4 Å². The lowest BCUT2D eigenvalue weighted by atomic mass is 10.8. The molecule has 1 aliphatic rings. The highest BCUT2D eigenvalue weighted by molar-refractivity contribution is 4.30. The highest BCUT2D eigenvalue weighted by atomic mass is 16.0. The molecule has 0 aromatic rings. The zero-order valence-corrected chi connectivity index (χ0v) is 7.44. The Kier molecular flexibility index (Phi) is 6.81. The van der Waals surface area contributed by atoms with Crippen molar-refractivity contribution in [2.75, 3.05) is 34.9 Å². The first kappa shape index (κ1) is 12.8. The van der Waals surface area contributed by atoms with Crippen LogP contribution in [-0.4, -0.2) is 44.8 Å². The van der Waals surface area contributed by atoms with Gasteiger partial charge >= 0.3 is 0 Å². The maximum atomic E-state index is 3.38. The fourth-order valence-electron chi connectivity index (χ4n) is 0.141. The normalized spacial score (nSPS) is 13.5. The van der Waals surface area contributed by atoms with E-state index in [-0.39, 0.29) is 5.48 Å². The van der Waals surface area contributed by atoms with Crippen LogP contribution >= 0.6 is 0 Å². The van der Waals surface area contributed by atoms with Crippen molar-refractivity contribution in [2.24, 2.45) is 20.7 Å². The molecule has 0 aromatic heterocycles. The predicted octanol–water partition coefficient (Wildman–Crippen LogP) is 0.275. The van der Waals surface area contributed by atoms with Crippen LogP contribution in [0.3, 0.4) is 0 Å². The van der Waals surface area contributed by atoms with Gasteiger partial charge in [0.2, 0.25) is 0 Å². The van der Waals surface area contributed by atoms with Crippen molar-refractivity contribution in [3.63, 3.8) is 0 Å². The van der Waals surface area contributed by atoms with Gasteiger partial charge in [-0.15, -0.1) is 10.2 Å². The molecule has 0 saturated carbocycles. The summed E-state index contributed by atoms with van der Waals surface area (Å²) in [7, 11) is 8.50. The van der Waals surface area contributed by atoms with E-state index in [0.717, 1.165) is 4.48 Å². The fourth-order valence-corrected chi connectivity index (χ4v) is 0.141. The van der Waals surface area contributed by atoms with Gasteiger partial charge in [0.05, 0.1) is 28.2 Å². The number of rotatable bonds is 0. The molecule has 6 nitrogen and oxygen atoms in total. The minimum atomic E-state index is 0. The average Bonchev–Trinajstić information content (AvgIpc) is 2.07. The highest BCUT2D eigenvalue weighted by Gasteiger charge is 1.88. The van der Waals surface area contributed by atoms with Crippen LogP contribution in [0, 0.1) is 0 Å². The van der Waals surface area contributed by atoms with Crippen molar-refractivity contribution in [3.05, 3.63) is 0 Å². The summed E-state index contributed by atoms with van der Waals surface area (Å²) in [5, 5.41) is 13.1. The first-order chi connectivity index (χ1) is 4.50. The zero-order valence-electron chi connectivity index (χ0n) is 7.44. The summed E-state index contributed by atoms with van der Waals surface area (Å²) >= 11 is 0. The van der Waals surface area contributed by atoms with Gasteiger partial charge < -0.3 is 9.96 Å². The van der Waals surface area contributed by atoms with E-state index in [1.807, 2.05) is 0 Å². The topological polar surface area (TPSA) is 80.9 Å². The molecule has 0 atom stereocenters. The van der Waals surface area contributed by atoms with Crippen LogP contribution in [-0.2, 0) is 0 Å². The minimum absolute atomic E-state index is 0. The summed E-state index contributed by atoms with van der Waals surface area (Å²) < 4.78 is 1.00. The third-order valence-electron chi connectivity index (χ3n) is 0.293. The van der Waals surface area contributed by atoms with Crippen molar-refractivity contribution < 1.29 is 9.96 Å². The van der Waals surface area contributed by atoms with Crippen molar-refractivity contribution in [1.82, 2.24) is 0 Å². The summed E-state index contributed by atoms with van der Waals surface area (Å²) in [6, 6.07) is 0. The molecule has 6 heteroatoms. The Hall–Kier alpha value is -0.880. The number of hydrogen-bond donors (Lipinski definition) is 0. The highest BCUT2D eigenvalue weighted by Crippen LogP contribution is 1.87. The minimum Gasteiger partial charge on any atom is -0.412 e. The number of hydrogen-bond acceptors (Lipinski definition) is 4. The predicted molar refractivity (Wildman–Crippen MR) is 42.1 cm³/mol. The molecule has 2 N–H and O–H groups in total. The van der Waals surface area contributed by atoms with Crippen LogP contribution in [0.2, 0.25) is 0 Å².